The van der Waals surface area contributed by atoms with Gasteiger partial charge in [-0.15, -0.1) is 0 Å². The van der Waals surface area contributed by atoms with Crippen molar-refractivity contribution in [1.82, 2.24) is 9.78 Å². The Bertz CT molecular complexity index is 776. The average molecular weight is 381 g/mol. The topological polar surface area (TPSA) is 38.0 Å². The van der Waals surface area contributed by atoms with Crippen molar-refractivity contribution in [2.24, 2.45) is 35.0 Å². The monoisotopic (exact) mass is 380 g/mol. The van der Waals surface area contributed by atoms with Crippen molar-refractivity contribution < 1.29 is 5.11 Å². The van der Waals surface area contributed by atoms with Crippen molar-refractivity contribution in [2.45, 2.75) is 77.4 Å². The van der Waals surface area contributed by atoms with Crippen LogP contribution in [0.3, 0.4) is 0 Å². The highest BCUT2D eigenvalue weighted by atomic mass is 16.3. The van der Waals surface area contributed by atoms with E-state index in [1.54, 1.807) is 5.57 Å². The normalized spacial score (nSPS) is 45.0. The minimum absolute atomic E-state index is 0.414. The molecule has 3 heteroatoms. The Morgan fingerprint density at radius 2 is 2.07 bits per heavy atom. The van der Waals surface area contributed by atoms with Crippen LogP contribution in [0.5, 0.6) is 0 Å². The van der Waals surface area contributed by atoms with Crippen molar-refractivity contribution in [3.63, 3.8) is 0 Å². The fourth-order valence-corrected chi connectivity index (χ4v) is 7.85. The van der Waals surface area contributed by atoms with E-state index < -0.39 is 5.60 Å². The van der Waals surface area contributed by atoms with E-state index in [0.717, 1.165) is 43.1 Å². The largest absolute Gasteiger partial charge is 0.390 e. The van der Waals surface area contributed by atoms with Gasteiger partial charge in [0, 0.05) is 12.4 Å². The van der Waals surface area contributed by atoms with Crippen LogP contribution in [-0.4, -0.2) is 20.5 Å². The highest BCUT2D eigenvalue weighted by molar-refractivity contribution is 5.23. The van der Waals surface area contributed by atoms with Crippen LogP contribution in [0.1, 0.15) is 65.2 Å². The molecule has 152 valence electrons. The van der Waals surface area contributed by atoms with E-state index in [-0.39, 0.29) is 0 Å². The smallest absolute Gasteiger partial charge is 0.0657 e. The minimum atomic E-state index is -0.471. The molecule has 0 unspecified atom stereocenters. The molecule has 0 aromatic carbocycles. The summed E-state index contributed by atoms with van der Waals surface area (Å²) in [6, 6.07) is 2.01. The first-order valence-electron chi connectivity index (χ1n) is 11.4. The lowest BCUT2D eigenvalue weighted by atomic mass is 9.51. The van der Waals surface area contributed by atoms with Gasteiger partial charge in [0.05, 0.1) is 12.1 Å². The average Bonchev–Trinajstić information content (AvgIpc) is 3.27. The van der Waals surface area contributed by atoms with E-state index in [1.807, 2.05) is 23.9 Å². The molecule has 1 aromatic rings. The third-order valence-corrected chi connectivity index (χ3v) is 9.13. The standard InChI is InChI=1S/C25H36N2O/c1-17(16-27-14-4-13-26-27)22-7-8-23-21-6-5-18-15-24(2,28)11-9-19(18)20(21)10-12-25(22,23)3/h4-5,13-14,19-23,28H,1,6-12,15-16H2,2-3H3/t19-,20+,21+,22+,23-,24+,25+/m0/s1. The number of nitrogens with zero attached hydrogens (tertiary/aromatic N) is 2. The molecule has 3 fully saturated rings. The van der Waals surface area contributed by atoms with Gasteiger partial charge in [-0.25, -0.2) is 0 Å². The number of allylic oxidation sites excluding steroid dienone is 2. The molecule has 5 rings (SSSR count). The fraction of sp³-hybridized carbons (Fsp3) is 0.720. The second-order valence-electron chi connectivity index (χ2n) is 10.8. The molecule has 0 spiro atoms. The number of aliphatic hydroxyl groups is 1. The third kappa shape index (κ3) is 2.93. The van der Waals surface area contributed by atoms with Crippen LogP contribution >= 0.6 is 0 Å². The Morgan fingerprint density at radius 1 is 1.21 bits per heavy atom. The van der Waals surface area contributed by atoms with Gasteiger partial charge < -0.3 is 5.11 Å². The second kappa shape index (κ2) is 6.58. The summed E-state index contributed by atoms with van der Waals surface area (Å²) in [6.45, 7) is 10.0. The predicted molar refractivity (Wildman–Crippen MR) is 113 cm³/mol. The Kier molecular flexibility index (Phi) is 4.39. The zero-order chi connectivity index (χ0) is 19.5. The summed E-state index contributed by atoms with van der Waals surface area (Å²) in [5.41, 5.74) is 2.91. The molecule has 0 radical (unpaired) electrons. The van der Waals surface area contributed by atoms with Gasteiger partial charge in [0.1, 0.15) is 0 Å². The summed E-state index contributed by atoms with van der Waals surface area (Å²) in [6.07, 6.45) is 16.2. The highest BCUT2D eigenvalue weighted by Crippen LogP contribution is 2.64. The predicted octanol–water partition coefficient (Wildman–Crippen LogP) is 5.38. The zero-order valence-corrected chi connectivity index (χ0v) is 17.6. The summed E-state index contributed by atoms with van der Waals surface area (Å²) < 4.78 is 2.04. The molecule has 3 saturated carbocycles. The summed E-state index contributed by atoms with van der Waals surface area (Å²) in [7, 11) is 0. The maximum Gasteiger partial charge on any atom is 0.0657 e. The maximum absolute atomic E-state index is 10.5. The molecule has 7 atom stereocenters. The van der Waals surface area contributed by atoms with E-state index >= 15 is 0 Å². The van der Waals surface area contributed by atoms with Crippen molar-refractivity contribution in [2.75, 3.05) is 0 Å². The van der Waals surface area contributed by atoms with Gasteiger partial charge in [0.25, 0.3) is 0 Å². The van der Waals surface area contributed by atoms with Crippen LogP contribution in [-0.2, 0) is 6.54 Å². The van der Waals surface area contributed by atoms with Gasteiger partial charge in [-0.3, -0.25) is 4.68 Å². The molecule has 3 nitrogen and oxygen atoms in total. The molecule has 0 amide bonds. The van der Waals surface area contributed by atoms with Crippen LogP contribution in [0, 0.1) is 35.0 Å². The Hall–Kier alpha value is -1.35. The molecular formula is C25H36N2O. The van der Waals surface area contributed by atoms with E-state index in [4.69, 9.17) is 0 Å². The maximum atomic E-state index is 10.5. The fourth-order valence-electron chi connectivity index (χ4n) is 7.85. The summed E-state index contributed by atoms with van der Waals surface area (Å²) >= 11 is 0. The summed E-state index contributed by atoms with van der Waals surface area (Å²) in [4.78, 5) is 0. The quantitative estimate of drug-likeness (QED) is 0.715. The lowest BCUT2D eigenvalue weighted by Gasteiger charge is -2.54. The molecule has 0 saturated heterocycles. The van der Waals surface area contributed by atoms with Crippen LogP contribution in [0.2, 0.25) is 0 Å². The number of fused-ring (bicyclic) bond motifs is 5. The Morgan fingerprint density at radius 3 is 2.86 bits per heavy atom. The Balaban J connectivity index is 1.35. The first kappa shape index (κ1) is 18.7. The molecular weight excluding hydrogens is 344 g/mol. The summed E-state index contributed by atoms with van der Waals surface area (Å²) in [5.74, 6) is 3.92. The molecule has 0 aliphatic heterocycles. The number of hydrogen-bond donors (Lipinski definition) is 1. The van der Waals surface area contributed by atoms with Gasteiger partial charge in [-0.2, -0.15) is 5.10 Å². The van der Waals surface area contributed by atoms with Crippen molar-refractivity contribution in [3.8, 4) is 0 Å². The number of aromatic nitrogens is 2. The van der Waals surface area contributed by atoms with Crippen molar-refractivity contribution in [3.05, 3.63) is 42.3 Å². The first-order chi connectivity index (χ1) is 13.4. The molecule has 28 heavy (non-hydrogen) atoms. The molecule has 1 N–H and O–H groups in total. The van der Waals surface area contributed by atoms with E-state index in [9.17, 15) is 5.11 Å². The van der Waals surface area contributed by atoms with Gasteiger partial charge in [-0.1, -0.05) is 30.7 Å². The first-order valence-corrected chi connectivity index (χ1v) is 11.4. The van der Waals surface area contributed by atoms with E-state index in [1.165, 1.54) is 44.1 Å². The molecule has 0 bridgehead atoms. The molecule has 4 aliphatic carbocycles. The van der Waals surface area contributed by atoms with Crippen molar-refractivity contribution in [1.29, 1.82) is 0 Å². The third-order valence-electron chi connectivity index (χ3n) is 9.13. The minimum Gasteiger partial charge on any atom is -0.390 e. The van der Waals surface area contributed by atoms with Crippen LogP contribution in [0.25, 0.3) is 0 Å². The van der Waals surface area contributed by atoms with Gasteiger partial charge in [0.2, 0.25) is 0 Å². The van der Waals surface area contributed by atoms with E-state index in [2.05, 4.69) is 30.9 Å². The van der Waals surface area contributed by atoms with Crippen LogP contribution in [0.4, 0.5) is 0 Å². The second-order valence-corrected chi connectivity index (χ2v) is 10.8. The lowest BCUT2D eigenvalue weighted by molar-refractivity contribution is -0.0293. The highest BCUT2D eigenvalue weighted by Gasteiger charge is 2.56. The molecule has 4 aliphatic rings. The SMILES string of the molecule is C=C(Cn1cccn1)[C@H]1CC[C@H]2[C@@H]3CC=C4C[C@](C)(O)CC[C@@H]4[C@H]3CC[C@]12C. The summed E-state index contributed by atoms with van der Waals surface area (Å²) in [5, 5.41) is 14.9. The van der Waals surface area contributed by atoms with Gasteiger partial charge in [-0.05, 0) is 99.4 Å². The number of rotatable bonds is 3. The van der Waals surface area contributed by atoms with Crippen LogP contribution < -0.4 is 0 Å². The lowest BCUT2D eigenvalue weighted by Crippen LogP contribution is -2.47. The number of hydrogen-bond acceptors (Lipinski definition) is 2. The van der Waals surface area contributed by atoms with Crippen LogP contribution in [0.15, 0.2) is 42.3 Å². The zero-order valence-electron chi connectivity index (χ0n) is 17.6. The van der Waals surface area contributed by atoms with Crippen molar-refractivity contribution >= 4 is 0 Å². The Labute approximate surface area is 169 Å². The van der Waals surface area contributed by atoms with Gasteiger partial charge >= 0.3 is 0 Å². The molecule has 1 aromatic heterocycles. The van der Waals surface area contributed by atoms with Gasteiger partial charge in [0.15, 0.2) is 0 Å². The van der Waals surface area contributed by atoms with E-state index in [0.29, 0.717) is 11.3 Å². The molecule has 1 heterocycles.